The molecule has 2 aromatic rings. The maximum absolute atomic E-state index is 12.8. The molecule has 1 amide bonds. The number of nitrogens with zero attached hydrogens (tertiary/aromatic N) is 3. The molecule has 10 nitrogen and oxygen atoms in total. The van der Waals surface area contributed by atoms with Gasteiger partial charge in [-0.15, -0.1) is 0 Å². The fourth-order valence-electron chi connectivity index (χ4n) is 4.39. The molecule has 0 aliphatic carbocycles. The lowest BCUT2D eigenvalue weighted by molar-refractivity contribution is 0.102. The summed E-state index contributed by atoms with van der Waals surface area (Å²) in [6, 6.07) is 13.2. The minimum atomic E-state index is -0.193. The van der Waals surface area contributed by atoms with Crippen LogP contribution in [0.4, 0.5) is 11.4 Å². The van der Waals surface area contributed by atoms with Crippen molar-refractivity contribution in [3.8, 4) is 5.75 Å². The highest BCUT2D eigenvalue weighted by molar-refractivity contribution is 6.04. The molecule has 0 bridgehead atoms. The van der Waals surface area contributed by atoms with Gasteiger partial charge in [0, 0.05) is 56.6 Å². The number of carbonyl (C=O) groups is 1. The Hall–Kier alpha value is -4.21. The number of piperazine rings is 1. The largest absolute Gasteiger partial charge is 0.495 e. The zero-order chi connectivity index (χ0) is 24.9. The van der Waals surface area contributed by atoms with Gasteiger partial charge in [-0.25, -0.2) is 0 Å². The molecule has 1 fully saturated rings. The van der Waals surface area contributed by atoms with Crippen molar-refractivity contribution in [3.05, 3.63) is 59.7 Å². The zero-order valence-electron chi connectivity index (χ0n) is 19.9. The summed E-state index contributed by atoms with van der Waals surface area (Å²) in [4.78, 5) is 18.7. The average Bonchev–Trinajstić information content (AvgIpc) is 2.88. The Morgan fingerprint density at radius 3 is 2.20 bits per heavy atom. The molecule has 1 saturated heterocycles. The fraction of sp³-hybridized carbons (Fsp3) is 0.320. The number of amides is 1. The lowest BCUT2D eigenvalue weighted by atomic mass is 9.98. The summed E-state index contributed by atoms with van der Waals surface area (Å²) in [5, 5.41) is 18.1. The van der Waals surface area contributed by atoms with Gasteiger partial charge in [0.15, 0.2) is 11.9 Å². The molecule has 2 aliphatic heterocycles. The van der Waals surface area contributed by atoms with E-state index in [0.717, 1.165) is 30.8 Å². The van der Waals surface area contributed by atoms with Crippen molar-refractivity contribution < 1.29 is 9.53 Å². The maximum Gasteiger partial charge on any atom is 0.255 e. The number of carbonyl (C=O) groups excluding carboxylic acids is 1. The normalized spacial score (nSPS) is 15.9. The van der Waals surface area contributed by atoms with E-state index in [2.05, 4.69) is 16.3 Å². The lowest BCUT2D eigenvalue weighted by Crippen LogP contribution is -2.50. The molecule has 0 spiro atoms. The second-order valence-electron chi connectivity index (χ2n) is 8.59. The van der Waals surface area contributed by atoms with Crippen LogP contribution in [0.15, 0.2) is 48.5 Å². The molecule has 2 aliphatic rings. The molecule has 35 heavy (non-hydrogen) atoms. The summed E-state index contributed by atoms with van der Waals surface area (Å²) in [6.45, 7) is 4.16. The summed E-state index contributed by atoms with van der Waals surface area (Å²) in [5.41, 5.74) is 15.6. The van der Waals surface area contributed by atoms with E-state index in [9.17, 15) is 4.79 Å². The smallest absolute Gasteiger partial charge is 0.255 e. The molecule has 7 N–H and O–H groups in total. The van der Waals surface area contributed by atoms with Crippen molar-refractivity contribution in [2.24, 2.45) is 11.5 Å². The van der Waals surface area contributed by atoms with Crippen LogP contribution in [0.1, 0.15) is 22.3 Å². The van der Waals surface area contributed by atoms with Crippen molar-refractivity contribution in [2.75, 3.05) is 56.6 Å². The Bertz CT molecular complexity index is 1140. The number of methoxy groups -OCH3 is 1. The summed E-state index contributed by atoms with van der Waals surface area (Å²) in [7, 11) is 1.62. The topological polar surface area (TPSA) is 148 Å². The first kappa shape index (κ1) is 23.9. The van der Waals surface area contributed by atoms with Crippen LogP contribution >= 0.6 is 0 Å². The first-order valence-electron chi connectivity index (χ1n) is 11.6. The van der Waals surface area contributed by atoms with E-state index < -0.39 is 0 Å². The van der Waals surface area contributed by atoms with Gasteiger partial charge in [0.25, 0.3) is 5.91 Å². The van der Waals surface area contributed by atoms with Crippen molar-refractivity contribution in [1.82, 2.24) is 9.80 Å². The molecular weight excluding hydrogens is 444 g/mol. The Morgan fingerprint density at radius 1 is 0.943 bits per heavy atom. The predicted molar refractivity (Wildman–Crippen MR) is 139 cm³/mol. The van der Waals surface area contributed by atoms with Crippen LogP contribution in [0, 0.1) is 10.8 Å². The lowest BCUT2D eigenvalue weighted by Gasteiger charge is -2.36. The van der Waals surface area contributed by atoms with Crippen LogP contribution in [-0.4, -0.2) is 74.0 Å². The first-order valence-corrected chi connectivity index (χ1v) is 11.6. The average molecular weight is 477 g/mol. The van der Waals surface area contributed by atoms with E-state index in [-0.39, 0.29) is 17.8 Å². The maximum atomic E-state index is 12.8. The minimum absolute atomic E-state index is 0.0903. The van der Waals surface area contributed by atoms with Crippen molar-refractivity contribution in [2.45, 2.75) is 6.42 Å². The standard InChI is InChI=1S/C25H32N8O2/c1-35-22-16-20(6-7-21(22)31-12-14-33(15-13-31)25(28)29)30-23(34)19-4-2-17(3-5-19)18-8-10-32(11-9-18)24(26)27/h2-8,16H,9-15H2,1H3,(H3,26,27)(H3,28,29)(H,30,34). The fourth-order valence-corrected chi connectivity index (χ4v) is 4.39. The molecule has 0 atom stereocenters. The highest BCUT2D eigenvalue weighted by Gasteiger charge is 2.21. The summed E-state index contributed by atoms with van der Waals surface area (Å²) < 4.78 is 5.60. The van der Waals surface area contributed by atoms with E-state index in [1.165, 1.54) is 5.57 Å². The quantitative estimate of drug-likeness (QED) is 0.327. The molecule has 184 valence electrons. The van der Waals surface area contributed by atoms with E-state index in [1.807, 2.05) is 52.3 Å². The minimum Gasteiger partial charge on any atom is -0.495 e. The van der Waals surface area contributed by atoms with E-state index in [1.54, 1.807) is 7.11 Å². The Labute approximate surface area is 205 Å². The Morgan fingerprint density at radius 2 is 1.63 bits per heavy atom. The highest BCUT2D eigenvalue weighted by Crippen LogP contribution is 2.32. The van der Waals surface area contributed by atoms with E-state index >= 15 is 0 Å². The number of guanidine groups is 2. The number of hydrogen-bond acceptors (Lipinski definition) is 5. The number of benzene rings is 2. The molecule has 4 rings (SSSR count). The number of nitrogens with one attached hydrogen (secondary N) is 3. The van der Waals surface area contributed by atoms with Crippen molar-refractivity contribution in [1.29, 1.82) is 10.8 Å². The third kappa shape index (κ3) is 5.48. The SMILES string of the molecule is COc1cc(NC(=O)c2ccc(C3=CCN(C(=N)N)CC3)cc2)ccc1N1CCN(C(=N)N)CC1. The summed E-state index contributed by atoms with van der Waals surface area (Å²) in [5.74, 6) is 0.672. The van der Waals surface area contributed by atoms with Crippen molar-refractivity contribution in [3.63, 3.8) is 0 Å². The van der Waals surface area contributed by atoms with Crippen LogP contribution < -0.4 is 26.4 Å². The number of rotatable bonds is 5. The second-order valence-corrected chi connectivity index (χ2v) is 8.59. The van der Waals surface area contributed by atoms with Crippen LogP contribution in [0.3, 0.4) is 0 Å². The predicted octanol–water partition coefficient (Wildman–Crippen LogP) is 1.95. The molecule has 2 aromatic carbocycles. The van der Waals surface area contributed by atoms with Crippen LogP contribution in [0.25, 0.3) is 5.57 Å². The molecule has 0 unspecified atom stereocenters. The third-order valence-corrected chi connectivity index (χ3v) is 6.47. The van der Waals surface area contributed by atoms with Gasteiger partial charge in [-0.3, -0.25) is 15.6 Å². The highest BCUT2D eigenvalue weighted by atomic mass is 16.5. The molecule has 0 aromatic heterocycles. The summed E-state index contributed by atoms with van der Waals surface area (Å²) in [6.07, 6.45) is 2.88. The summed E-state index contributed by atoms with van der Waals surface area (Å²) >= 11 is 0. The van der Waals surface area contributed by atoms with Gasteiger partial charge in [0.1, 0.15) is 5.75 Å². The number of ether oxygens (including phenoxy) is 1. The van der Waals surface area contributed by atoms with Crippen molar-refractivity contribution >= 4 is 34.8 Å². The monoisotopic (exact) mass is 476 g/mol. The molecular formula is C25H32N8O2. The molecule has 0 radical (unpaired) electrons. The van der Waals surface area contributed by atoms with Gasteiger partial charge in [-0.05, 0) is 41.8 Å². The van der Waals surface area contributed by atoms with Gasteiger partial charge in [-0.2, -0.15) is 0 Å². The first-order chi connectivity index (χ1) is 16.9. The van der Waals surface area contributed by atoms with E-state index in [4.69, 9.17) is 27.0 Å². The molecule has 0 saturated carbocycles. The van der Waals surface area contributed by atoms with Gasteiger partial charge < -0.3 is 36.2 Å². The van der Waals surface area contributed by atoms with Crippen LogP contribution in [0.2, 0.25) is 0 Å². The number of hydrogen-bond donors (Lipinski definition) is 5. The molecule has 10 heteroatoms. The van der Waals surface area contributed by atoms with Gasteiger partial charge in [0.2, 0.25) is 0 Å². The van der Waals surface area contributed by atoms with Gasteiger partial charge in [-0.1, -0.05) is 18.2 Å². The van der Waals surface area contributed by atoms with Gasteiger partial charge in [0.05, 0.1) is 12.8 Å². The Balaban J connectivity index is 1.40. The van der Waals surface area contributed by atoms with Crippen LogP contribution in [0.5, 0.6) is 5.75 Å². The third-order valence-electron chi connectivity index (χ3n) is 6.47. The van der Waals surface area contributed by atoms with Crippen LogP contribution in [-0.2, 0) is 0 Å². The van der Waals surface area contributed by atoms with Gasteiger partial charge >= 0.3 is 0 Å². The second kappa shape index (κ2) is 10.4. The molecule has 2 heterocycles. The number of anilines is 2. The van der Waals surface area contributed by atoms with E-state index in [0.29, 0.717) is 43.2 Å². The number of nitrogens with two attached hydrogens (primary N) is 2. The zero-order valence-corrected chi connectivity index (χ0v) is 19.9. The Kier molecular flexibility index (Phi) is 7.09.